The van der Waals surface area contributed by atoms with E-state index in [-0.39, 0.29) is 0 Å². The number of nitrogens with zero attached hydrogens (tertiary/aromatic N) is 3. The Morgan fingerprint density at radius 2 is 2.00 bits per heavy atom. The SMILES string of the molecule is CCC(CC)N(C)c1n[nH]c(=S)n1CC. The zero-order valence-corrected chi connectivity index (χ0v) is 10.8. The Balaban J connectivity index is 2.99. The molecule has 1 aromatic rings. The molecule has 0 saturated carbocycles. The van der Waals surface area contributed by atoms with Crippen LogP contribution in [0.2, 0.25) is 0 Å². The van der Waals surface area contributed by atoms with E-state index in [0.717, 1.165) is 25.3 Å². The summed E-state index contributed by atoms with van der Waals surface area (Å²) in [6.45, 7) is 7.33. The average Bonchev–Trinajstić information content (AvgIpc) is 2.61. The number of H-pyrrole nitrogens is 1. The molecule has 1 aromatic heterocycles. The van der Waals surface area contributed by atoms with Gasteiger partial charge >= 0.3 is 0 Å². The van der Waals surface area contributed by atoms with Crippen molar-refractivity contribution in [3.8, 4) is 0 Å². The third-order valence-electron chi connectivity index (χ3n) is 2.86. The summed E-state index contributed by atoms with van der Waals surface area (Å²) in [5.74, 6) is 0.941. The first kappa shape index (κ1) is 12.2. The number of aromatic nitrogens is 3. The molecule has 86 valence electrons. The number of aromatic amines is 1. The monoisotopic (exact) mass is 228 g/mol. The van der Waals surface area contributed by atoms with Crippen LogP contribution in [0, 0.1) is 4.77 Å². The van der Waals surface area contributed by atoms with E-state index < -0.39 is 0 Å². The molecule has 0 unspecified atom stereocenters. The maximum atomic E-state index is 5.17. The van der Waals surface area contributed by atoms with Gasteiger partial charge < -0.3 is 4.90 Å². The fourth-order valence-corrected chi connectivity index (χ4v) is 2.12. The largest absolute Gasteiger partial charge is 0.341 e. The predicted octanol–water partition coefficient (Wildman–Crippen LogP) is 2.59. The lowest BCUT2D eigenvalue weighted by Gasteiger charge is -2.26. The molecule has 0 aliphatic rings. The van der Waals surface area contributed by atoms with E-state index in [0.29, 0.717) is 10.8 Å². The molecule has 0 atom stereocenters. The first-order valence-corrected chi connectivity index (χ1v) is 5.94. The minimum atomic E-state index is 0.528. The number of nitrogens with one attached hydrogen (secondary N) is 1. The molecule has 1 heterocycles. The summed E-state index contributed by atoms with van der Waals surface area (Å²) in [6, 6.07) is 0.528. The van der Waals surface area contributed by atoms with Gasteiger partial charge in [-0.1, -0.05) is 13.8 Å². The van der Waals surface area contributed by atoms with Gasteiger partial charge in [-0.05, 0) is 32.0 Å². The van der Waals surface area contributed by atoms with E-state index in [1.807, 2.05) is 4.57 Å². The van der Waals surface area contributed by atoms with Crippen LogP contribution in [0.3, 0.4) is 0 Å². The number of hydrogen-bond donors (Lipinski definition) is 1. The molecule has 5 heteroatoms. The van der Waals surface area contributed by atoms with E-state index in [4.69, 9.17) is 12.2 Å². The van der Waals surface area contributed by atoms with Crippen LogP contribution in [-0.4, -0.2) is 27.9 Å². The summed E-state index contributed by atoms with van der Waals surface area (Å²) in [4.78, 5) is 2.20. The first-order chi connectivity index (χ1) is 7.15. The van der Waals surface area contributed by atoms with E-state index in [9.17, 15) is 0 Å². The van der Waals surface area contributed by atoms with E-state index in [1.165, 1.54) is 0 Å². The Bertz CT molecular complexity index is 351. The fourth-order valence-electron chi connectivity index (χ4n) is 1.86. The molecule has 0 bridgehead atoms. The molecule has 0 amide bonds. The van der Waals surface area contributed by atoms with Crippen LogP contribution in [0.4, 0.5) is 5.95 Å². The second-order valence-electron chi connectivity index (χ2n) is 3.65. The van der Waals surface area contributed by atoms with Crippen molar-refractivity contribution in [2.75, 3.05) is 11.9 Å². The Morgan fingerprint density at radius 3 is 2.47 bits per heavy atom. The molecule has 0 aliphatic heterocycles. The van der Waals surface area contributed by atoms with E-state index in [2.05, 4.69) is 42.9 Å². The van der Waals surface area contributed by atoms with Crippen molar-refractivity contribution in [2.45, 2.75) is 46.2 Å². The molecular weight excluding hydrogens is 208 g/mol. The summed E-state index contributed by atoms with van der Waals surface area (Å²) in [7, 11) is 2.08. The van der Waals surface area contributed by atoms with Crippen LogP contribution in [0.1, 0.15) is 33.6 Å². The number of rotatable bonds is 5. The van der Waals surface area contributed by atoms with Gasteiger partial charge in [0.15, 0.2) is 4.77 Å². The van der Waals surface area contributed by atoms with Gasteiger partial charge in [-0.15, -0.1) is 5.10 Å². The van der Waals surface area contributed by atoms with Gasteiger partial charge in [0.2, 0.25) is 5.95 Å². The summed E-state index contributed by atoms with van der Waals surface area (Å²) in [5.41, 5.74) is 0. The topological polar surface area (TPSA) is 36.9 Å². The maximum absolute atomic E-state index is 5.17. The Morgan fingerprint density at radius 1 is 1.40 bits per heavy atom. The maximum Gasteiger partial charge on any atom is 0.225 e. The second-order valence-corrected chi connectivity index (χ2v) is 4.04. The summed E-state index contributed by atoms with van der Waals surface area (Å²) in [5, 5.41) is 7.12. The number of hydrogen-bond acceptors (Lipinski definition) is 3. The molecule has 0 radical (unpaired) electrons. The van der Waals surface area contributed by atoms with E-state index in [1.54, 1.807) is 0 Å². The van der Waals surface area contributed by atoms with Crippen LogP contribution < -0.4 is 4.90 Å². The molecule has 0 aliphatic carbocycles. The summed E-state index contributed by atoms with van der Waals surface area (Å²) in [6.07, 6.45) is 2.24. The van der Waals surface area contributed by atoms with Gasteiger partial charge in [-0.2, -0.15) is 0 Å². The van der Waals surface area contributed by atoms with Crippen LogP contribution in [-0.2, 0) is 6.54 Å². The highest BCUT2D eigenvalue weighted by atomic mass is 32.1. The summed E-state index contributed by atoms with van der Waals surface area (Å²) >= 11 is 5.17. The number of anilines is 1. The van der Waals surface area contributed by atoms with Crippen molar-refractivity contribution in [3.05, 3.63) is 4.77 Å². The highest BCUT2D eigenvalue weighted by molar-refractivity contribution is 7.71. The fraction of sp³-hybridized carbons (Fsp3) is 0.800. The van der Waals surface area contributed by atoms with Gasteiger partial charge in [0, 0.05) is 19.6 Å². The van der Waals surface area contributed by atoms with Crippen molar-refractivity contribution in [1.29, 1.82) is 0 Å². The van der Waals surface area contributed by atoms with Crippen molar-refractivity contribution >= 4 is 18.2 Å². The lowest BCUT2D eigenvalue weighted by molar-refractivity contribution is 0.566. The Labute approximate surface area is 96.3 Å². The minimum absolute atomic E-state index is 0.528. The van der Waals surface area contributed by atoms with Crippen LogP contribution >= 0.6 is 12.2 Å². The van der Waals surface area contributed by atoms with Gasteiger partial charge in [0.05, 0.1) is 0 Å². The molecule has 0 aromatic carbocycles. The van der Waals surface area contributed by atoms with Gasteiger partial charge in [-0.25, -0.2) is 5.10 Å². The van der Waals surface area contributed by atoms with E-state index >= 15 is 0 Å². The van der Waals surface area contributed by atoms with Crippen molar-refractivity contribution in [3.63, 3.8) is 0 Å². The van der Waals surface area contributed by atoms with Crippen LogP contribution in [0.5, 0.6) is 0 Å². The normalized spacial score (nSPS) is 11.0. The zero-order valence-electron chi connectivity index (χ0n) is 9.95. The molecule has 15 heavy (non-hydrogen) atoms. The van der Waals surface area contributed by atoms with Crippen LogP contribution in [0.25, 0.3) is 0 Å². The third-order valence-corrected chi connectivity index (χ3v) is 3.17. The molecule has 0 spiro atoms. The lowest BCUT2D eigenvalue weighted by atomic mass is 10.1. The molecule has 1 N–H and O–H groups in total. The van der Waals surface area contributed by atoms with Gasteiger partial charge in [0.1, 0.15) is 0 Å². The zero-order chi connectivity index (χ0) is 11.4. The summed E-state index contributed by atoms with van der Waals surface area (Å²) < 4.78 is 2.72. The molecular formula is C10H20N4S. The first-order valence-electron chi connectivity index (χ1n) is 5.53. The second kappa shape index (κ2) is 5.30. The Kier molecular flexibility index (Phi) is 4.32. The lowest BCUT2D eigenvalue weighted by Crippen LogP contribution is -2.32. The molecule has 0 fully saturated rings. The van der Waals surface area contributed by atoms with Gasteiger partial charge in [0.25, 0.3) is 0 Å². The van der Waals surface area contributed by atoms with Gasteiger partial charge in [-0.3, -0.25) is 4.57 Å². The standard InChI is InChI=1S/C10H20N4S/c1-5-8(6-2)13(4)9-11-12-10(15)14(9)7-3/h8H,5-7H2,1-4H3,(H,12,15). The molecule has 4 nitrogen and oxygen atoms in total. The highest BCUT2D eigenvalue weighted by Crippen LogP contribution is 2.16. The Hall–Kier alpha value is -0.840. The molecule has 0 saturated heterocycles. The average molecular weight is 228 g/mol. The van der Waals surface area contributed by atoms with Crippen molar-refractivity contribution < 1.29 is 0 Å². The smallest absolute Gasteiger partial charge is 0.225 e. The highest BCUT2D eigenvalue weighted by Gasteiger charge is 2.16. The molecule has 1 rings (SSSR count). The van der Waals surface area contributed by atoms with Crippen molar-refractivity contribution in [1.82, 2.24) is 14.8 Å². The predicted molar refractivity (Wildman–Crippen MR) is 65.9 cm³/mol. The van der Waals surface area contributed by atoms with Crippen LogP contribution in [0.15, 0.2) is 0 Å². The van der Waals surface area contributed by atoms with Crippen molar-refractivity contribution in [2.24, 2.45) is 0 Å². The third kappa shape index (κ3) is 2.40. The minimum Gasteiger partial charge on any atom is -0.341 e. The quantitative estimate of drug-likeness (QED) is 0.787.